The summed E-state index contributed by atoms with van der Waals surface area (Å²) in [6.45, 7) is 1.86. The third kappa shape index (κ3) is 3.78. The van der Waals surface area contributed by atoms with Crippen molar-refractivity contribution in [3.05, 3.63) is 34.1 Å². The van der Waals surface area contributed by atoms with Gasteiger partial charge < -0.3 is 10.6 Å². The van der Waals surface area contributed by atoms with Crippen molar-refractivity contribution < 1.29 is 9.18 Å². The van der Waals surface area contributed by atoms with Gasteiger partial charge in [0.25, 0.3) is 0 Å². The zero-order chi connectivity index (χ0) is 13.0. The van der Waals surface area contributed by atoms with Gasteiger partial charge in [-0.25, -0.2) is 4.39 Å². The Morgan fingerprint density at radius 2 is 2.39 bits per heavy atom. The lowest BCUT2D eigenvalue weighted by Gasteiger charge is -2.23. The second kappa shape index (κ2) is 6.29. The Morgan fingerprint density at radius 1 is 1.56 bits per heavy atom. The molecule has 0 spiro atoms. The first-order chi connectivity index (χ1) is 8.65. The first-order valence-electron chi connectivity index (χ1n) is 6.09. The highest BCUT2D eigenvalue weighted by atomic mass is 79.9. The number of hydrogen-bond donors (Lipinski definition) is 2. The number of rotatable bonds is 3. The summed E-state index contributed by atoms with van der Waals surface area (Å²) in [5.41, 5.74) is 0.810. The van der Waals surface area contributed by atoms with Gasteiger partial charge in [0, 0.05) is 12.6 Å². The monoisotopic (exact) mass is 314 g/mol. The van der Waals surface area contributed by atoms with E-state index in [1.54, 1.807) is 12.1 Å². The number of amides is 1. The molecule has 1 aromatic rings. The van der Waals surface area contributed by atoms with E-state index in [-0.39, 0.29) is 24.2 Å². The van der Waals surface area contributed by atoms with Crippen LogP contribution in [-0.2, 0) is 11.2 Å². The minimum Gasteiger partial charge on any atom is -0.352 e. The molecule has 1 aliphatic heterocycles. The number of nitrogens with one attached hydrogen (secondary N) is 2. The van der Waals surface area contributed by atoms with Crippen molar-refractivity contribution in [3.63, 3.8) is 0 Å². The summed E-state index contributed by atoms with van der Waals surface area (Å²) in [5, 5.41) is 6.24. The molecule has 2 rings (SSSR count). The number of halogens is 2. The smallest absolute Gasteiger partial charge is 0.224 e. The Kier molecular flexibility index (Phi) is 4.72. The topological polar surface area (TPSA) is 41.1 Å². The van der Waals surface area contributed by atoms with E-state index in [2.05, 4.69) is 26.6 Å². The molecule has 18 heavy (non-hydrogen) atoms. The predicted molar refractivity (Wildman–Crippen MR) is 71.8 cm³/mol. The number of hydrogen-bond acceptors (Lipinski definition) is 2. The Balaban J connectivity index is 1.88. The highest BCUT2D eigenvalue weighted by Gasteiger charge is 2.15. The Hall–Kier alpha value is -0.940. The molecule has 0 aliphatic carbocycles. The van der Waals surface area contributed by atoms with Gasteiger partial charge in [-0.3, -0.25) is 4.79 Å². The van der Waals surface area contributed by atoms with Gasteiger partial charge >= 0.3 is 0 Å². The van der Waals surface area contributed by atoms with Crippen molar-refractivity contribution in [1.29, 1.82) is 0 Å². The second-order valence-corrected chi connectivity index (χ2v) is 5.39. The summed E-state index contributed by atoms with van der Waals surface area (Å²) >= 11 is 3.12. The molecule has 1 unspecified atom stereocenters. The minimum absolute atomic E-state index is 0.0118. The van der Waals surface area contributed by atoms with Crippen molar-refractivity contribution in [2.24, 2.45) is 0 Å². The Morgan fingerprint density at radius 3 is 3.06 bits per heavy atom. The van der Waals surface area contributed by atoms with E-state index in [9.17, 15) is 9.18 Å². The predicted octanol–water partition coefficient (Wildman–Crippen LogP) is 2.00. The SMILES string of the molecule is O=C(Cc1ccc(F)c(Br)c1)NC1CCCNC1. The van der Waals surface area contributed by atoms with Gasteiger partial charge in [-0.2, -0.15) is 0 Å². The molecule has 0 radical (unpaired) electrons. The van der Waals surface area contributed by atoms with Crippen LogP contribution in [0.5, 0.6) is 0 Å². The van der Waals surface area contributed by atoms with Crippen LogP contribution in [0.2, 0.25) is 0 Å². The Bertz CT molecular complexity index is 433. The first kappa shape index (κ1) is 13.5. The molecule has 1 atom stereocenters. The van der Waals surface area contributed by atoms with Crippen molar-refractivity contribution >= 4 is 21.8 Å². The third-order valence-electron chi connectivity index (χ3n) is 3.01. The molecule has 5 heteroatoms. The lowest BCUT2D eigenvalue weighted by atomic mass is 10.1. The van der Waals surface area contributed by atoms with Crippen molar-refractivity contribution in [1.82, 2.24) is 10.6 Å². The number of carbonyl (C=O) groups is 1. The third-order valence-corrected chi connectivity index (χ3v) is 3.62. The highest BCUT2D eigenvalue weighted by Crippen LogP contribution is 2.17. The zero-order valence-corrected chi connectivity index (χ0v) is 11.6. The maximum absolute atomic E-state index is 13.1. The zero-order valence-electron chi connectivity index (χ0n) is 10.0. The fraction of sp³-hybridized carbons (Fsp3) is 0.462. The lowest BCUT2D eigenvalue weighted by Crippen LogP contribution is -2.46. The average Bonchev–Trinajstić information content (AvgIpc) is 2.35. The Labute approximate surface area is 114 Å². The van der Waals surface area contributed by atoms with E-state index < -0.39 is 0 Å². The van der Waals surface area contributed by atoms with Crippen LogP contribution in [0, 0.1) is 5.82 Å². The van der Waals surface area contributed by atoms with Gasteiger partial charge in [-0.15, -0.1) is 0 Å². The largest absolute Gasteiger partial charge is 0.352 e. The van der Waals surface area contributed by atoms with Crippen LogP contribution in [0.25, 0.3) is 0 Å². The molecular weight excluding hydrogens is 299 g/mol. The van der Waals surface area contributed by atoms with Gasteiger partial charge in [-0.1, -0.05) is 6.07 Å². The molecule has 1 aliphatic rings. The fourth-order valence-electron chi connectivity index (χ4n) is 2.09. The first-order valence-corrected chi connectivity index (χ1v) is 6.88. The fourth-order valence-corrected chi connectivity index (χ4v) is 2.51. The van der Waals surface area contributed by atoms with Crippen molar-refractivity contribution in [3.8, 4) is 0 Å². The molecule has 1 aromatic carbocycles. The van der Waals surface area contributed by atoms with E-state index in [0.717, 1.165) is 31.5 Å². The summed E-state index contributed by atoms with van der Waals surface area (Å²) in [5.74, 6) is -0.321. The molecule has 0 bridgehead atoms. The maximum atomic E-state index is 13.1. The maximum Gasteiger partial charge on any atom is 0.224 e. The van der Waals surface area contributed by atoms with Crippen LogP contribution < -0.4 is 10.6 Å². The van der Waals surface area contributed by atoms with Gasteiger partial charge in [0.1, 0.15) is 5.82 Å². The summed E-state index contributed by atoms with van der Waals surface area (Å²) in [6, 6.07) is 4.87. The molecule has 2 N–H and O–H groups in total. The average molecular weight is 315 g/mol. The number of piperidine rings is 1. The molecule has 3 nitrogen and oxygen atoms in total. The normalized spacial score (nSPS) is 19.6. The summed E-state index contributed by atoms with van der Waals surface area (Å²) in [6.07, 6.45) is 2.40. The quantitative estimate of drug-likeness (QED) is 0.896. The van der Waals surface area contributed by atoms with Crippen molar-refractivity contribution in [2.45, 2.75) is 25.3 Å². The summed E-state index contributed by atoms with van der Waals surface area (Å²) < 4.78 is 13.4. The van der Waals surface area contributed by atoms with Gasteiger partial charge in [0.2, 0.25) is 5.91 Å². The van der Waals surface area contributed by atoms with E-state index in [1.165, 1.54) is 6.07 Å². The lowest BCUT2D eigenvalue weighted by molar-refractivity contribution is -0.121. The minimum atomic E-state index is -0.310. The molecule has 1 fully saturated rings. The van der Waals surface area contributed by atoms with E-state index in [0.29, 0.717) is 4.47 Å². The van der Waals surface area contributed by atoms with Crippen LogP contribution in [0.15, 0.2) is 22.7 Å². The molecule has 1 heterocycles. The van der Waals surface area contributed by atoms with Crippen LogP contribution in [0.1, 0.15) is 18.4 Å². The van der Waals surface area contributed by atoms with Gasteiger partial charge in [0.15, 0.2) is 0 Å². The van der Waals surface area contributed by atoms with Crippen LogP contribution >= 0.6 is 15.9 Å². The summed E-state index contributed by atoms with van der Waals surface area (Å²) in [4.78, 5) is 11.8. The second-order valence-electron chi connectivity index (χ2n) is 4.54. The molecule has 1 saturated heterocycles. The standard InChI is InChI=1S/C13H16BrFN2O/c14-11-6-9(3-4-12(11)15)7-13(18)17-10-2-1-5-16-8-10/h3-4,6,10,16H,1-2,5,7-8H2,(H,17,18). The number of carbonyl (C=O) groups excluding carboxylic acids is 1. The molecular formula is C13H16BrFN2O. The molecule has 98 valence electrons. The van der Waals surface area contributed by atoms with E-state index in [1.807, 2.05) is 0 Å². The van der Waals surface area contributed by atoms with Gasteiger partial charge in [0.05, 0.1) is 10.9 Å². The number of benzene rings is 1. The molecule has 1 amide bonds. The van der Waals surface area contributed by atoms with Crippen LogP contribution in [0.4, 0.5) is 4.39 Å². The van der Waals surface area contributed by atoms with Crippen molar-refractivity contribution in [2.75, 3.05) is 13.1 Å². The molecule has 0 saturated carbocycles. The van der Waals surface area contributed by atoms with Crippen LogP contribution in [-0.4, -0.2) is 25.0 Å². The summed E-state index contributed by atoms with van der Waals surface area (Å²) in [7, 11) is 0. The highest BCUT2D eigenvalue weighted by molar-refractivity contribution is 9.10. The van der Waals surface area contributed by atoms with E-state index in [4.69, 9.17) is 0 Å². The van der Waals surface area contributed by atoms with E-state index >= 15 is 0 Å². The molecule has 0 aromatic heterocycles. The van der Waals surface area contributed by atoms with Crippen LogP contribution in [0.3, 0.4) is 0 Å². The van der Waals surface area contributed by atoms with Gasteiger partial charge in [-0.05, 0) is 53.0 Å².